The first-order valence-corrected chi connectivity index (χ1v) is 7.85. The molecule has 2 aromatic rings. The van der Waals surface area contributed by atoms with Crippen molar-refractivity contribution >= 4 is 17.8 Å². The van der Waals surface area contributed by atoms with E-state index in [1.54, 1.807) is 36.4 Å². The molecule has 0 fully saturated rings. The van der Waals surface area contributed by atoms with Crippen molar-refractivity contribution in [3.05, 3.63) is 71.0 Å². The van der Waals surface area contributed by atoms with E-state index in [9.17, 15) is 18.8 Å². The van der Waals surface area contributed by atoms with Gasteiger partial charge >= 0.3 is 6.03 Å². The number of hydrogen-bond acceptors (Lipinski definition) is 3. The predicted molar refractivity (Wildman–Crippen MR) is 93.4 cm³/mol. The second-order valence-corrected chi connectivity index (χ2v) is 5.50. The van der Waals surface area contributed by atoms with E-state index in [1.807, 2.05) is 0 Å². The lowest BCUT2D eigenvalue weighted by Gasteiger charge is -2.09. The van der Waals surface area contributed by atoms with Crippen LogP contribution in [-0.2, 0) is 17.9 Å². The van der Waals surface area contributed by atoms with E-state index < -0.39 is 11.9 Å². The molecule has 5 N–H and O–H groups in total. The fourth-order valence-corrected chi connectivity index (χ4v) is 2.11. The Hall–Kier alpha value is -3.42. The van der Waals surface area contributed by atoms with Crippen LogP contribution in [-0.4, -0.2) is 24.4 Å². The number of nitrogens with one attached hydrogen (secondary N) is 3. The zero-order valence-corrected chi connectivity index (χ0v) is 13.9. The van der Waals surface area contributed by atoms with Gasteiger partial charge in [0, 0.05) is 18.7 Å². The van der Waals surface area contributed by atoms with Crippen molar-refractivity contribution < 1.29 is 18.8 Å². The Labute approximate surface area is 149 Å². The number of nitrogens with two attached hydrogens (primary N) is 1. The summed E-state index contributed by atoms with van der Waals surface area (Å²) in [6.07, 6.45) is 0. The lowest BCUT2D eigenvalue weighted by atomic mass is 10.1. The standard InChI is InChI=1S/C18H19FN4O3/c19-15-6-4-12(5-7-15)9-22-18(26)23-11-16(24)21-10-13-2-1-3-14(8-13)17(20)25/h1-8H,9-11H2,(H2,20,25)(H,21,24)(H2,22,23,26). The number of primary amides is 1. The molecule has 0 saturated heterocycles. The number of carbonyl (C=O) groups excluding carboxylic acids is 3. The van der Waals surface area contributed by atoms with Crippen molar-refractivity contribution in [2.45, 2.75) is 13.1 Å². The van der Waals surface area contributed by atoms with Crippen LogP contribution in [0.5, 0.6) is 0 Å². The average Bonchev–Trinajstić information content (AvgIpc) is 2.64. The van der Waals surface area contributed by atoms with E-state index in [0.29, 0.717) is 5.56 Å². The van der Waals surface area contributed by atoms with Crippen LogP contribution in [0.2, 0.25) is 0 Å². The molecule has 0 saturated carbocycles. The molecule has 0 spiro atoms. The van der Waals surface area contributed by atoms with Gasteiger partial charge in [-0.15, -0.1) is 0 Å². The third-order valence-electron chi connectivity index (χ3n) is 3.48. The summed E-state index contributed by atoms with van der Waals surface area (Å²) in [7, 11) is 0. The summed E-state index contributed by atoms with van der Waals surface area (Å²) < 4.78 is 12.8. The highest BCUT2D eigenvalue weighted by atomic mass is 19.1. The lowest BCUT2D eigenvalue weighted by Crippen LogP contribution is -2.41. The SMILES string of the molecule is NC(=O)c1cccc(CNC(=O)CNC(=O)NCc2ccc(F)cc2)c1. The number of urea groups is 1. The van der Waals surface area contributed by atoms with Crippen LogP contribution in [0.1, 0.15) is 21.5 Å². The third-order valence-corrected chi connectivity index (χ3v) is 3.48. The van der Waals surface area contributed by atoms with Gasteiger partial charge in [0.2, 0.25) is 11.8 Å². The van der Waals surface area contributed by atoms with Gasteiger partial charge in [-0.25, -0.2) is 9.18 Å². The van der Waals surface area contributed by atoms with E-state index in [-0.39, 0.29) is 31.4 Å². The third kappa shape index (κ3) is 6.23. The molecular weight excluding hydrogens is 339 g/mol. The first-order valence-electron chi connectivity index (χ1n) is 7.85. The normalized spacial score (nSPS) is 10.0. The monoisotopic (exact) mass is 358 g/mol. The Morgan fingerprint density at radius 1 is 0.885 bits per heavy atom. The molecule has 0 bridgehead atoms. The quantitative estimate of drug-likeness (QED) is 0.593. The van der Waals surface area contributed by atoms with Gasteiger partial charge in [-0.1, -0.05) is 24.3 Å². The van der Waals surface area contributed by atoms with Crippen LogP contribution in [0.15, 0.2) is 48.5 Å². The fourth-order valence-electron chi connectivity index (χ4n) is 2.11. The maximum Gasteiger partial charge on any atom is 0.315 e. The summed E-state index contributed by atoms with van der Waals surface area (Å²) in [6.45, 7) is 0.219. The summed E-state index contributed by atoms with van der Waals surface area (Å²) in [5.74, 6) is -1.28. The molecule has 0 aliphatic rings. The van der Waals surface area contributed by atoms with Crippen LogP contribution in [0, 0.1) is 5.82 Å². The molecule has 0 unspecified atom stereocenters. The van der Waals surface area contributed by atoms with Crippen molar-refractivity contribution in [1.29, 1.82) is 0 Å². The van der Waals surface area contributed by atoms with Crippen LogP contribution >= 0.6 is 0 Å². The molecule has 0 atom stereocenters. The summed E-state index contributed by atoms with van der Waals surface area (Å²) in [5, 5.41) is 7.61. The number of halogens is 1. The molecule has 0 aliphatic heterocycles. The molecule has 0 heterocycles. The van der Waals surface area contributed by atoms with Crippen molar-refractivity contribution in [2.75, 3.05) is 6.54 Å². The summed E-state index contributed by atoms with van der Waals surface area (Å²) >= 11 is 0. The van der Waals surface area contributed by atoms with Crippen molar-refractivity contribution in [2.24, 2.45) is 5.73 Å². The van der Waals surface area contributed by atoms with Gasteiger partial charge in [-0.3, -0.25) is 9.59 Å². The van der Waals surface area contributed by atoms with Crippen LogP contribution in [0.25, 0.3) is 0 Å². The molecule has 7 nitrogen and oxygen atoms in total. The highest BCUT2D eigenvalue weighted by molar-refractivity contribution is 5.92. The highest BCUT2D eigenvalue weighted by Gasteiger charge is 2.06. The largest absolute Gasteiger partial charge is 0.366 e. The number of rotatable bonds is 7. The Morgan fingerprint density at radius 3 is 2.27 bits per heavy atom. The topological polar surface area (TPSA) is 113 Å². The summed E-state index contributed by atoms with van der Waals surface area (Å²) in [5.41, 5.74) is 7.01. The van der Waals surface area contributed by atoms with Gasteiger partial charge in [0.25, 0.3) is 0 Å². The van der Waals surface area contributed by atoms with Gasteiger partial charge in [0.05, 0.1) is 6.54 Å². The molecule has 0 radical (unpaired) electrons. The smallest absolute Gasteiger partial charge is 0.315 e. The molecule has 2 aromatic carbocycles. The molecule has 2 rings (SSSR count). The Morgan fingerprint density at radius 2 is 1.58 bits per heavy atom. The van der Waals surface area contributed by atoms with Crippen LogP contribution in [0.3, 0.4) is 0 Å². The zero-order valence-electron chi connectivity index (χ0n) is 13.9. The second-order valence-electron chi connectivity index (χ2n) is 5.50. The van der Waals surface area contributed by atoms with Gasteiger partial charge < -0.3 is 21.7 Å². The average molecular weight is 358 g/mol. The first-order chi connectivity index (χ1) is 12.4. The number of amides is 4. The molecule has 26 heavy (non-hydrogen) atoms. The maximum absolute atomic E-state index is 12.8. The number of benzene rings is 2. The van der Waals surface area contributed by atoms with Crippen molar-refractivity contribution in [1.82, 2.24) is 16.0 Å². The summed E-state index contributed by atoms with van der Waals surface area (Å²) in [4.78, 5) is 34.5. The minimum Gasteiger partial charge on any atom is -0.366 e. The van der Waals surface area contributed by atoms with Gasteiger partial charge in [0.1, 0.15) is 5.82 Å². The second kappa shape index (κ2) is 9.16. The van der Waals surface area contributed by atoms with E-state index in [4.69, 9.17) is 5.73 Å². The zero-order chi connectivity index (χ0) is 18.9. The highest BCUT2D eigenvalue weighted by Crippen LogP contribution is 2.04. The summed E-state index contributed by atoms with van der Waals surface area (Å²) in [6, 6.07) is 11.8. The van der Waals surface area contributed by atoms with Gasteiger partial charge in [-0.05, 0) is 35.4 Å². The lowest BCUT2D eigenvalue weighted by molar-refractivity contribution is -0.120. The Bertz CT molecular complexity index is 793. The van der Waals surface area contributed by atoms with Gasteiger partial charge in [-0.2, -0.15) is 0 Å². The Balaban J connectivity index is 1.69. The fraction of sp³-hybridized carbons (Fsp3) is 0.167. The van der Waals surface area contributed by atoms with Gasteiger partial charge in [0.15, 0.2) is 0 Å². The van der Waals surface area contributed by atoms with E-state index >= 15 is 0 Å². The van der Waals surface area contributed by atoms with Crippen LogP contribution in [0.4, 0.5) is 9.18 Å². The number of hydrogen-bond donors (Lipinski definition) is 4. The van der Waals surface area contributed by atoms with Crippen LogP contribution < -0.4 is 21.7 Å². The first kappa shape index (κ1) is 18.9. The minimum atomic E-state index is -0.544. The van der Waals surface area contributed by atoms with Crippen molar-refractivity contribution in [3.8, 4) is 0 Å². The van der Waals surface area contributed by atoms with E-state index in [2.05, 4.69) is 16.0 Å². The molecule has 4 amide bonds. The maximum atomic E-state index is 12.8. The van der Waals surface area contributed by atoms with E-state index in [1.165, 1.54) is 12.1 Å². The number of carbonyl (C=O) groups is 3. The van der Waals surface area contributed by atoms with E-state index in [0.717, 1.165) is 11.1 Å². The Kier molecular flexibility index (Phi) is 6.67. The molecule has 8 heteroatoms. The van der Waals surface area contributed by atoms with Crippen molar-refractivity contribution in [3.63, 3.8) is 0 Å². The molecule has 0 aromatic heterocycles. The minimum absolute atomic E-state index is 0.204. The molecule has 0 aliphatic carbocycles. The molecular formula is C18H19FN4O3. The molecule has 136 valence electrons. The predicted octanol–water partition coefficient (Wildman–Crippen LogP) is 1.04.